The number of aliphatic carboxylic acids is 1. The van der Waals surface area contributed by atoms with Crippen molar-refractivity contribution < 1.29 is 27.8 Å². The molecule has 0 atom stereocenters. The van der Waals surface area contributed by atoms with Gasteiger partial charge in [-0.15, -0.1) is 0 Å². The number of aromatic amines is 1. The van der Waals surface area contributed by atoms with Crippen molar-refractivity contribution in [2.24, 2.45) is 0 Å². The van der Waals surface area contributed by atoms with Crippen molar-refractivity contribution in [2.75, 3.05) is 11.8 Å². The minimum absolute atomic E-state index is 0.0387. The van der Waals surface area contributed by atoms with Gasteiger partial charge in [-0.2, -0.15) is 0 Å². The van der Waals surface area contributed by atoms with Gasteiger partial charge < -0.3 is 19.6 Å². The number of nitrogens with one attached hydrogen (secondary N) is 2. The van der Waals surface area contributed by atoms with Gasteiger partial charge in [-0.1, -0.05) is 35.8 Å². The molecule has 0 saturated heterocycles. The number of fused-ring (bicyclic) bond motifs is 1. The summed E-state index contributed by atoms with van der Waals surface area (Å²) in [6, 6.07) is 12.3. The molecule has 0 unspecified atom stereocenters. The summed E-state index contributed by atoms with van der Waals surface area (Å²) in [5, 5.41) is 9.94. The molecule has 0 radical (unpaired) electrons. The summed E-state index contributed by atoms with van der Waals surface area (Å²) in [5.74, 6) is -0.281. The van der Waals surface area contributed by atoms with Gasteiger partial charge in [0.25, 0.3) is 10.0 Å². The molecule has 0 aliphatic carbocycles. The van der Waals surface area contributed by atoms with Gasteiger partial charge in [-0.25, -0.2) is 8.42 Å². The van der Waals surface area contributed by atoms with E-state index < -0.39 is 16.0 Å². The first-order valence-corrected chi connectivity index (χ1v) is 13.5. The monoisotopic (exact) mass is 574 g/mol. The van der Waals surface area contributed by atoms with Crippen LogP contribution in [0.1, 0.15) is 23.7 Å². The summed E-state index contributed by atoms with van der Waals surface area (Å²) in [6.07, 6.45) is -0.196. The molecule has 0 amide bonds. The first-order valence-electron chi connectivity index (χ1n) is 11.3. The Morgan fingerprint density at radius 1 is 1.08 bits per heavy atom. The number of aryl methyl sites for hydroxylation is 1. The van der Waals surface area contributed by atoms with Gasteiger partial charge in [0, 0.05) is 21.7 Å². The Morgan fingerprint density at radius 3 is 2.45 bits per heavy atom. The van der Waals surface area contributed by atoms with Crippen molar-refractivity contribution in [1.82, 2.24) is 4.98 Å². The highest BCUT2D eigenvalue weighted by Gasteiger charge is 2.25. The van der Waals surface area contributed by atoms with Crippen LogP contribution in [0.3, 0.4) is 0 Å². The molecule has 8 nitrogen and oxygen atoms in total. The van der Waals surface area contributed by atoms with Gasteiger partial charge in [0.1, 0.15) is 10.6 Å². The van der Waals surface area contributed by atoms with Crippen LogP contribution in [0.25, 0.3) is 16.5 Å². The number of carbonyl (C=O) groups is 1. The van der Waals surface area contributed by atoms with Crippen molar-refractivity contribution in [3.63, 3.8) is 0 Å². The number of hydrogen-bond acceptors (Lipinski definition) is 5. The molecule has 1 aromatic heterocycles. The quantitative estimate of drug-likeness (QED) is 0.197. The number of aromatic nitrogens is 1. The van der Waals surface area contributed by atoms with E-state index in [-0.39, 0.29) is 39.3 Å². The number of allylic oxidation sites excluding steroid dienone is 1. The molecule has 4 rings (SSSR count). The molecule has 0 fully saturated rings. The summed E-state index contributed by atoms with van der Waals surface area (Å²) < 4.78 is 41.2. The molecule has 0 aliphatic heterocycles. The van der Waals surface area contributed by atoms with Gasteiger partial charge >= 0.3 is 5.97 Å². The fourth-order valence-corrected chi connectivity index (χ4v) is 5.88. The number of H-pyrrole nitrogens is 1. The van der Waals surface area contributed by atoms with Gasteiger partial charge in [-0.05, 0) is 67.4 Å². The largest absolute Gasteiger partial charge is 0.493 e. The molecule has 0 aliphatic rings. The molecule has 4 aromatic rings. The molecule has 3 N–H and O–H groups in total. The lowest BCUT2D eigenvalue weighted by Crippen LogP contribution is -2.14. The summed E-state index contributed by atoms with van der Waals surface area (Å²) in [4.78, 5) is 14.2. The molecule has 198 valence electrons. The molecular weight excluding hydrogens is 551 g/mol. The highest BCUT2D eigenvalue weighted by Crippen LogP contribution is 2.44. The van der Waals surface area contributed by atoms with Crippen molar-refractivity contribution in [3.05, 3.63) is 82.0 Å². The van der Waals surface area contributed by atoms with Crippen molar-refractivity contribution in [3.8, 4) is 17.2 Å². The van der Waals surface area contributed by atoms with Gasteiger partial charge in [0.15, 0.2) is 17.2 Å². The fourth-order valence-electron chi connectivity index (χ4n) is 4.01. The van der Waals surface area contributed by atoms with Gasteiger partial charge in [0.2, 0.25) is 0 Å². The van der Waals surface area contributed by atoms with Crippen molar-refractivity contribution in [1.29, 1.82) is 0 Å². The van der Waals surface area contributed by atoms with Crippen LogP contribution in [-0.2, 0) is 21.2 Å². The zero-order valence-electron chi connectivity index (χ0n) is 20.7. The van der Waals surface area contributed by atoms with E-state index >= 15 is 0 Å². The lowest BCUT2D eigenvalue weighted by Gasteiger charge is -2.19. The Labute approximate surface area is 229 Å². The van der Waals surface area contributed by atoms with Crippen LogP contribution in [0.15, 0.2) is 60.0 Å². The molecule has 3 aromatic carbocycles. The molecular formula is C27H24Cl2N2O6S. The van der Waals surface area contributed by atoms with E-state index in [2.05, 4.69) is 16.3 Å². The average Bonchev–Trinajstić information content (AvgIpc) is 3.21. The third kappa shape index (κ3) is 5.60. The number of sulfonamides is 1. The molecule has 38 heavy (non-hydrogen) atoms. The fraction of sp³-hybridized carbons (Fsp3) is 0.148. The summed E-state index contributed by atoms with van der Waals surface area (Å²) in [6.45, 7) is 7.73. The number of rotatable bonds is 9. The van der Waals surface area contributed by atoms with E-state index in [1.807, 2.05) is 13.8 Å². The van der Waals surface area contributed by atoms with Crippen LogP contribution in [0.5, 0.6) is 17.2 Å². The Kier molecular flexibility index (Phi) is 7.64. The second-order valence-corrected chi connectivity index (χ2v) is 11.2. The molecule has 11 heteroatoms. The first kappa shape index (κ1) is 27.4. The standard InChI is InChI=1S/C27H24Cl2N2O6S/c1-14(2)18-13-23(37-21-7-5-16(11-25(32)33)10-22(21)36-4)27(19-9-15(3)30-26(18)19)31-38(34,35)24-8-6-17(28)12-20(24)29/h5-10,12-13,30-31H,1,11H2,2-4H3,(H,32,33). The van der Waals surface area contributed by atoms with E-state index in [0.717, 1.165) is 16.8 Å². The van der Waals surface area contributed by atoms with E-state index in [1.165, 1.54) is 25.3 Å². The van der Waals surface area contributed by atoms with Crippen LogP contribution in [-0.4, -0.2) is 31.6 Å². The minimum atomic E-state index is -4.18. The number of carboxylic acid groups (broad SMARTS) is 1. The third-order valence-corrected chi connectivity index (χ3v) is 7.76. The van der Waals surface area contributed by atoms with Gasteiger partial charge in [0.05, 0.1) is 24.1 Å². The van der Waals surface area contributed by atoms with Crippen LogP contribution in [0, 0.1) is 6.92 Å². The SMILES string of the molecule is C=C(C)c1cc(Oc2ccc(CC(=O)O)cc2OC)c(NS(=O)(=O)c2ccc(Cl)cc2Cl)c2cc(C)[nH]c12. The highest BCUT2D eigenvalue weighted by atomic mass is 35.5. The highest BCUT2D eigenvalue weighted by molar-refractivity contribution is 7.92. The number of methoxy groups -OCH3 is 1. The smallest absolute Gasteiger partial charge is 0.307 e. The topological polar surface area (TPSA) is 118 Å². The zero-order valence-corrected chi connectivity index (χ0v) is 23.0. The van der Waals surface area contributed by atoms with Crippen molar-refractivity contribution >= 4 is 61.4 Å². The maximum absolute atomic E-state index is 13.5. The average molecular weight is 575 g/mol. The maximum atomic E-state index is 13.5. The van der Waals surface area contributed by atoms with E-state index in [1.54, 1.807) is 30.3 Å². The Hall–Kier alpha value is -3.66. The number of hydrogen-bond donors (Lipinski definition) is 3. The maximum Gasteiger partial charge on any atom is 0.307 e. The third-order valence-electron chi connectivity index (χ3n) is 5.70. The Balaban J connectivity index is 1.90. The summed E-state index contributed by atoms with van der Waals surface area (Å²) in [5.41, 5.74) is 3.58. The first-order chi connectivity index (χ1) is 17.9. The molecule has 0 bridgehead atoms. The normalized spacial score (nSPS) is 11.4. The van der Waals surface area contributed by atoms with Crippen LogP contribution >= 0.6 is 23.2 Å². The second kappa shape index (κ2) is 10.6. The summed E-state index contributed by atoms with van der Waals surface area (Å²) in [7, 11) is -2.75. The molecule has 0 spiro atoms. The van der Waals surface area contributed by atoms with Crippen molar-refractivity contribution in [2.45, 2.75) is 25.2 Å². The molecule has 1 heterocycles. The number of carboxylic acids is 1. The lowest BCUT2D eigenvalue weighted by molar-refractivity contribution is -0.136. The van der Waals surface area contributed by atoms with Gasteiger partial charge in [-0.3, -0.25) is 9.52 Å². The number of benzene rings is 3. The Bertz CT molecular complexity index is 1700. The number of ether oxygens (including phenoxy) is 2. The predicted molar refractivity (Wildman–Crippen MR) is 149 cm³/mol. The van der Waals surface area contributed by atoms with E-state index in [0.29, 0.717) is 21.5 Å². The van der Waals surface area contributed by atoms with E-state index in [4.69, 9.17) is 37.8 Å². The zero-order chi connectivity index (χ0) is 27.8. The minimum Gasteiger partial charge on any atom is -0.493 e. The van der Waals surface area contributed by atoms with Crippen LogP contribution in [0.2, 0.25) is 10.0 Å². The Morgan fingerprint density at radius 2 is 1.82 bits per heavy atom. The number of halogens is 2. The lowest BCUT2D eigenvalue weighted by atomic mass is 10.0. The predicted octanol–water partition coefficient (Wildman–Crippen LogP) is 7.05. The summed E-state index contributed by atoms with van der Waals surface area (Å²) >= 11 is 12.2. The number of anilines is 1. The van der Waals surface area contributed by atoms with Crippen LogP contribution < -0.4 is 14.2 Å². The van der Waals surface area contributed by atoms with E-state index in [9.17, 15) is 13.2 Å². The molecule has 0 saturated carbocycles. The van der Waals surface area contributed by atoms with Crippen LogP contribution in [0.4, 0.5) is 5.69 Å². The second-order valence-electron chi connectivity index (χ2n) is 8.66.